The van der Waals surface area contributed by atoms with Gasteiger partial charge in [0, 0.05) is 5.56 Å². The number of aryl methyl sites for hydroxylation is 1. The van der Waals surface area contributed by atoms with Crippen molar-refractivity contribution in [1.82, 2.24) is 15.2 Å². The van der Waals surface area contributed by atoms with Gasteiger partial charge in [0.25, 0.3) is 5.91 Å². The molecule has 0 aliphatic heterocycles. The lowest BCUT2D eigenvalue weighted by Crippen LogP contribution is -2.19. The highest BCUT2D eigenvalue weighted by Crippen LogP contribution is 2.22. The first-order valence-electron chi connectivity index (χ1n) is 8.59. The first kappa shape index (κ1) is 22.0. The molecule has 0 spiro atoms. The Labute approximate surface area is 183 Å². The maximum absolute atomic E-state index is 12.3. The highest BCUT2D eigenvalue weighted by atomic mass is 35.5. The van der Waals surface area contributed by atoms with E-state index in [0.29, 0.717) is 23.0 Å². The van der Waals surface area contributed by atoms with Gasteiger partial charge in [-0.1, -0.05) is 53.5 Å². The van der Waals surface area contributed by atoms with Crippen LogP contribution in [0.5, 0.6) is 0 Å². The Bertz CT molecular complexity index is 1220. The number of carbonyl (C=O) groups excluding carboxylic acids is 1. The smallest absolute Gasteiger partial charge is 0.267 e. The largest absolute Gasteiger partial charge is 0.271 e. The quantitative estimate of drug-likeness (QED) is 0.429. The summed E-state index contributed by atoms with van der Waals surface area (Å²) >= 11 is 12.2. The highest BCUT2D eigenvalue weighted by molar-refractivity contribution is 7.89. The third-order valence-corrected chi connectivity index (χ3v) is 5.94. The van der Waals surface area contributed by atoms with Crippen molar-refractivity contribution in [3.05, 3.63) is 81.1 Å². The molecule has 0 aliphatic rings. The molecule has 0 fully saturated rings. The Hall–Kier alpha value is -2.72. The molecule has 0 saturated carbocycles. The fourth-order valence-electron chi connectivity index (χ4n) is 2.66. The van der Waals surface area contributed by atoms with Crippen LogP contribution in [0.2, 0.25) is 10.2 Å². The minimum absolute atomic E-state index is 0.0307. The normalized spacial score (nSPS) is 11.7. The molecule has 1 amide bonds. The molecule has 0 saturated heterocycles. The van der Waals surface area contributed by atoms with Crippen LogP contribution in [-0.4, -0.2) is 30.3 Å². The number of nitrogens with one attached hydrogen (secondary N) is 1. The summed E-state index contributed by atoms with van der Waals surface area (Å²) in [5.74, 6) is -0.640. The number of primary sulfonamides is 1. The Morgan fingerprint density at radius 3 is 2.60 bits per heavy atom. The minimum atomic E-state index is -4.07. The van der Waals surface area contributed by atoms with Gasteiger partial charge < -0.3 is 0 Å². The van der Waals surface area contributed by atoms with E-state index in [1.165, 1.54) is 18.3 Å². The van der Waals surface area contributed by atoms with Crippen molar-refractivity contribution >= 4 is 45.3 Å². The Morgan fingerprint density at radius 2 is 1.93 bits per heavy atom. The van der Waals surface area contributed by atoms with E-state index >= 15 is 0 Å². The van der Waals surface area contributed by atoms with Crippen molar-refractivity contribution in [2.45, 2.75) is 18.4 Å². The number of amides is 1. The molecule has 11 heteroatoms. The van der Waals surface area contributed by atoms with E-state index in [9.17, 15) is 13.2 Å². The molecule has 156 valence electrons. The van der Waals surface area contributed by atoms with E-state index in [1.54, 1.807) is 11.6 Å². The number of nitrogens with zero attached hydrogens (tertiary/aromatic N) is 3. The minimum Gasteiger partial charge on any atom is -0.267 e. The van der Waals surface area contributed by atoms with Crippen LogP contribution < -0.4 is 10.6 Å². The van der Waals surface area contributed by atoms with Crippen molar-refractivity contribution in [1.29, 1.82) is 0 Å². The van der Waals surface area contributed by atoms with Crippen molar-refractivity contribution in [3.8, 4) is 0 Å². The topological polar surface area (TPSA) is 119 Å². The van der Waals surface area contributed by atoms with Crippen LogP contribution in [-0.2, 0) is 16.6 Å². The van der Waals surface area contributed by atoms with E-state index in [2.05, 4.69) is 15.6 Å². The van der Waals surface area contributed by atoms with Crippen LogP contribution in [0.3, 0.4) is 0 Å². The molecular formula is C19H17Cl2N5O3S. The summed E-state index contributed by atoms with van der Waals surface area (Å²) in [6.45, 7) is 2.26. The number of rotatable bonds is 6. The molecule has 1 aromatic heterocycles. The zero-order valence-corrected chi connectivity index (χ0v) is 18.0. The zero-order chi connectivity index (χ0) is 21.9. The number of carbonyl (C=O) groups is 1. The molecule has 0 bridgehead atoms. The van der Waals surface area contributed by atoms with Gasteiger partial charge in [-0.25, -0.2) is 23.7 Å². The van der Waals surface area contributed by atoms with Crippen LogP contribution in [0.1, 0.15) is 27.2 Å². The zero-order valence-electron chi connectivity index (χ0n) is 15.7. The number of hydrogen-bond acceptors (Lipinski definition) is 5. The lowest BCUT2D eigenvalue weighted by Gasteiger charge is -2.05. The summed E-state index contributed by atoms with van der Waals surface area (Å²) in [6.07, 6.45) is 1.38. The Morgan fingerprint density at radius 1 is 1.23 bits per heavy atom. The number of benzene rings is 2. The molecule has 3 rings (SSSR count). The summed E-state index contributed by atoms with van der Waals surface area (Å²) in [4.78, 5) is 11.9. The van der Waals surface area contributed by atoms with Gasteiger partial charge in [-0.2, -0.15) is 10.2 Å². The maximum atomic E-state index is 12.3. The van der Waals surface area contributed by atoms with Crippen molar-refractivity contribution in [2.75, 3.05) is 0 Å². The van der Waals surface area contributed by atoms with Crippen molar-refractivity contribution < 1.29 is 13.2 Å². The second kappa shape index (κ2) is 8.97. The Balaban J connectivity index is 1.75. The van der Waals surface area contributed by atoms with Crippen LogP contribution >= 0.6 is 23.2 Å². The van der Waals surface area contributed by atoms with Gasteiger partial charge in [0.15, 0.2) is 0 Å². The van der Waals surface area contributed by atoms with Crippen LogP contribution in [0.15, 0.2) is 58.5 Å². The second-order valence-electron chi connectivity index (χ2n) is 6.32. The number of halogens is 2. The van der Waals surface area contributed by atoms with E-state index in [4.69, 9.17) is 28.3 Å². The van der Waals surface area contributed by atoms with Gasteiger partial charge in [-0.05, 0) is 30.7 Å². The molecule has 0 radical (unpaired) electrons. The molecule has 8 nitrogen and oxygen atoms in total. The number of nitrogens with two attached hydrogens (primary N) is 1. The molecule has 0 aliphatic carbocycles. The number of aromatic nitrogens is 2. The highest BCUT2D eigenvalue weighted by Gasteiger charge is 2.16. The van der Waals surface area contributed by atoms with E-state index in [-0.39, 0.29) is 15.5 Å². The van der Waals surface area contributed by atoms with Crippen LogP contribution in [0, 0.1) is 6.92 Å². The van der Waals surface area contributed by atoms with E-state index in [0.717, 1.165) is 11.6 Å². The molecule has 3 N–H and O–H groups in total. The summed E-state index contributed by atoms with van der Waals surface area (Å²) in [7, 11) is -4.07. The van der Waals surface area contributed by atoms with Gasteiger partial charge in [0.05, 0.1) is 29.0 Å². The number of hydrazone groups is 1. The molecule has 0 unspecified atom stereocenters. The summed E-state index contributed by atoms with van der Waals surface area (Å²) in [6, 6.07) is 13.4. The maximum Gasteiger partial charge on any atom is 0.271 e. The summed E-state index contributed by atoms with van der Waals surface area (Å²) < 4.78 is 24.7. The SMILES string of the molecule is Cc1nn(Cc2ccccc2)c(Cl)c1C=NNC(=O)c1ccc(Cl)c(S(N)(=O)=O)c1. The third kappa shape index (κ3) is 5.06. The molecule has 2 aromatic carbocycles. The fraction of sp³-hybridized carbons (Fsp3) is 0.105. The van der Waals surface area contributed by atoms with E-state index < -0.39 is 15.9 Å². The fourth-order valence-corrected chi connectivity index (χ4v) is 4.01. The lowest BCUT2D eigenvalue weighted by molar-refractivity contribution is 0.0955. The summed E-state index contributed by atoms with van der Waals surface area (Å²) in [5, 5.41) is 13.7. The van der Waals surface area contributed by atoms with Gasteiger partial charge in [-0.3, -0.25) is 4.79 Å². The molecule has 1 heterocycles. The predicted molar refractivity (Wildman–Crippen MR) is 115 cm³/mol. The van der Waals surface area contributed by atoms with Crippen molar-refractivity contribution in [3.63, 3.8) is 0 Å². The predicted octanol–water partition coefficient (Wildman–Crippen LogP) is 2.96. The Kier molecular flexibility index (Phi) is 6.57. The lowest BCUT2D eigenvalue weighted by atomic mass is 10.2. The molecule has 0 atom stereocenters. The van der Waals surface area contributed by atoms with Crippen LogP contribution in [0.4, 0.5) is 0 Å². The van der Waals surface area contributed by atoms with Crippen molar-refractivity contribution in [2.24, 2.45) is 10.2 Å². The monoisotopic (exact) mass is 465 g/mol. The first-order chi connectivity index (χ1) is 14.2. The summed E-state index contributed by atoms with van der Waals surface area (Å²) in [5.41, 5.74) is 4.57. The number of sulfonamides is 1. The van der Waals surface area contributed by atoms with Gasteiger partial charge in [0.2, 0.25) is 10.0 Å². The first-order valence-corrected chi connectivity index (χ1v) is 10.9. The third-order valence-electron chi connectivity index (χ3n) is 4.14. The molecular weight excluding hydrogens is 449 g/mol. The van der Waals surface area contributed by atoms with Gasteiger partial charge in [0.1, 0.15) is 10.0 Å². The average molecular weight is 466 g/mol. The van der Waals surface area contributed by atoms with Gasteiger partial charge >= 0.3 is 0 Å². The number of hydrogen-bond donors (Lipinski definition) is 2. The molecule has 3 aromatic rings. The standard InChI is InChI=1S/C19H17Cl2N5O3S/c1-12-15(18(21)26(25-12)11-13-5-3-2-4-6-13)10-23-24-19(27)14-7-8-16(20)17(9-14)30(22,28)29/h2-10H,11H2,1H3,(H,24,27)(H2,22,28,29). The second-order valence-corrected chi connectivity index (χ2v) is 8.62. The molecule has 30 heavy (non-hydrogen) atoms. The van der Waals surface area contributed by atoms with E-state index in [1.807, 2.05) is 30.3 Å². The van der Waals surface area contributed by atoms with Crippen LogP contribution in [0.25, 0.3) is 0 Å². The average Bonchev–Trinajstić information content (AvgIpc) is 2.95. The van der Waals surface area contributed by atoms with Gasteiger partial charge in [-0.15, -0.1) is 0 Å².